The average molecular weight is 433 g/mol. The van der Waals surface area contributed by atoms with Crippen molar-refractivity contribution >= 4 is 17.4 Å². The number of nitro benzene ring substituents is 1. The molecule has 0 amide bonds. The van der Waals surface area contributed by atoms with E-state index in [4.69, 9.17) is 0 Å². The SMILES string of the molecule is CC1=NC(C)=C(C(=O)OCC(F)(F)F)C(c2cccc([N+](=O)[O-])c2)C1c1ccccn1. The van der Waals surface area contributed by atoms with Gasteiger partial charge in [-0.1, -0.05) is 18.2 Å². The smallest absolute Gasteiger partial charge is 0.422 e. The number of pyridine rings is 1. The van der Waals surface area contributed by atoms with Gasteiger partial charge in [0.25, 0.3) is 5.69 Å². The minimum Gasteiger partial charge on any atom is -0.453 e. The number of hydrogen-bond acceptors (Lipinski definition) is 6. The Morgan fingerprint density at radius 2 is 1.90 bits per heavy atom. The Morgan fingerprint density at radius 1 is 1.16 bits per heavy atom. The summed E-state index contributed by atoms with van der Waals surface area (Å²) in [5.74, 6) is -2.67. The summed E-state index contributed by atoms with van der Waals surface area (Å²) in [5.41, 5.74) is 1.35. The van der Waals surface area contributed by atoms with Crippen molar-refractivity contribution in [3.05, 3.63) is 81.3 Å². The van der Waals surface area contributed by atoms with Crippen molar-refractivity contribution < 1.29 is 27.6 Å². The summed E-state index contributed by atoms with van der Waals surface area (Å²) >= 11 is 0. The van der Waals surface area contributed by atoms with Gasteiger partial charge in [-0.25, -0.2) is 4.79 Å². The summed E-state index contributed by atoms with van der Waals surface area (Å²) in [6.07, 6.45) is -3.15. The first kappa shape index (κ1) is 22.1. The molecule has 2 heterocycles. The van der Waals surface area contributed by atoms with E-state index in [1.165, 1.54) is 25.1 Å². The molecule has 0 aliphatic carbocycles. The van der Waals surface area contributed by atoms with Crippen LogP contribution in [0.5, 0.6) is 0 Å². The van der Waals surface area contributed by atoms with E-state index >= 15 is 0 Å². The molecule has 2 aromatic rings. The Kier molecular flexibility index (Phi) is 6.19. The fourth-order valence-corrected chi connectivity index (χ4v) is 3.66. The molecule has 0 radical (unpaired) electrons. The number of halogens is 3. The van der Waals surface area contributed by atoms with Gasteiger partial charge < -0.3 is 4.74 Å². The molecule has 0 saturated carbocycles. The number of esters is 1. The molecular formula is C21H18F3N3O4. The van der Waals surface area contributed by atoms with Gasteiger partial charge in [0.05, 0.1) is 16.4 Å². The molecule has 31 heavy (non-hydrogen) atoms. The maximum absolute atomic E-state index is 12.7. The molecule has 2 unspecified atom stereocenters. The van der Waals surface area contributed by atoms with Gasteiger partial charge in [-0.3, -0.25) is 20.1 Å². The van der Waals surface area contributed by atoms with Crippen LogP contribution in [-0.4, -0.2) is 34.4 Å². The zero-order chi connectivity index (χ0) is 22.8. The van der Waals surface area contributed by atoms with Crippen LogP contribution in [0.1, 0.15) is 36.9 Å². The number of ether oxygens (including phenoxy) is 1. The van der Waals surface area contributed by atoms with Crippen LogP contribution >= 0.6 is 0 Å². The molecule has 0 fully saturated rings. The molecule has 1 aromatic heterocycles. The first-order valence-corrected chi connectivity index (χ1v) is 9.23. The topological polar surface area (TPSA) is 94.7 Å². The maximum Gasteiger partial charge on any atom is 0.422 e. The molecule has 1 aliphatic heterocycles. The Balaban J connectivity index is 2.16. The fourth-order valence-electron chi connectivity index (χ4n) is 3.66. The first-order valence-electron chi connectivity index (χ1n) is 9.23. The molecule has 3 rings (SSSR count). The summed E-state index contributed by atoms with van der Waals surface area (Å²) in [6.45, 7) is 1.46. The number of nitrogens with zero attached hydrogens (tertiary/aromatic N) is 3. The van der Waals surface area contributed by atoms with Crippen LogP contribution in [0, 0.1) is 10.1 Å². The molecule has 2 atom stereocenters. The minimum atomic E-state index is -4.70. The summed E-state index contributed by atoms with van der Waals surface area (Å²) in [6, 6.07) is 10.8. The van der Waals surface area contributed by atoms with E-state index in [0.29, 0.717) is 17.0 Å². The number of alkyl halides is 3. The van der Waals surface area contributed by atoms with Crippen molar-refractivity contribution in [2.45, 2.75) is 31.9 Å². The fraction of sp³-hybridized carbons (Fsp3) is 0.286. The van der Waals surface area contributed by atoms with Gasteiger partial charge in [-0.05, 0) is 31.5 Å². The molecular weight excluding hydrogens is 415 g/mol. The monoisotopic (exact) mass is 433 g/mol. The first-order chi connectivity index (χ1) is 14.6. The highest BCUT2D eigenvalue weighted by Gasteiger charge is 2.40. The van der Waals surface area contributed by atoms with Gasteiger partial charge >= 0.3 is 12.1 Å². The van der Waals surface area contributed by atoms with Gasteiger partial charge in [-0.15, -0.1) is 0 Å². The minimum absolute atomic E-state index is 0.0917. The lowest BCUT2D eigenvalue weighted by Gasteiger charge is -2.32. The van der Waals surface area contributed by atoms with Crippen molar-refractivity contribution in [2.75, 3.05) is 6.61 Å². The van der Waals surface area contributed by atoms with E-state index in [0.717, 1.165) is 0 Å². The number of carbonyl (C=O) groups is 1. The van der Waals surface area contributed by atoms with Crippen LogP contribution in [0.4, 0.5) is 18.9 Å². The molecule has 1 aromatic carbocycles. The zero-order valence-electron chi connectivity index (χ0n) is 16.6. The van der Waals surface area contributed by atoms with E-state index in [9.17, 15) is 28.1 Å². The number of aliphatic imine (C=N–C) groups is 1. The van der Waals surface area contributed by atoms with Crippen LogP contribution in [0.2, 0.25) is 0 Å². The number of allylic oxidation sites excluding steroid dienone is 1. The van der Waals surface area contributed by atoms with E-state index in [1.807, 2.05) is 0 Å². The summed E-state index contributed by atoms with van der Waals surface area (Å²) in [7, 11) is 0. The highest BCUT2D eigenvalue weighted by Crippen LogP contribution is 2.44. The summed E-state index contributed by atoms with van der Waals surface area (Å²) in [4.78, 5) is 32.1. The lowest BCUT2D eigenvalue weighted by molar-refractivity contribution is -0.384. The van der Waals surface area contributed by atoms with E-state index in [1.54, 1.807) is 37.4 Å². The lowest BCUT2D eigenvalue weighted by Crippen LogP contribution is -2.31. The van der Waals surface area contributed by atoms with Crippen LogP contribution in [0.15, 0.2) is 64.9 Å². The van der Waals surface area contributed by atoms with Gasteiger partial charge in [0.2, 0.25) is 0 Å². The third-order valence-electron chi connectivity index (χ3n) is 4.86. The number of non-ortho nitro benzene ring substituents is 1. The number of hydrogen-bond donors (Lipinski definition) is 0. The van der Waals surface area contributed by atoms with Gasteiger partial charge in [0.15, 0.2) is 6.61 Å². The quantitative estimate of drug-likeness (QED) is 0.387. The Labute approximate surface area is 175 Å². The predicted octanol–water partition coefficient (Wildman–Crippen LogP) is 4.71. The Hall–Kier alpha value is -3.56. The van der Waals surface area contributed by atoms with Crippen LogP contribution < -0.4 is 0 Å². The number of nitro groups is 1. The second kappa shape index (κ2) is 8.66. The summed E-state index contributed by atoms with van der Waals surface area (Å²) in [5, 5.41) is 11.3. The van der Waals surface area contributed by atoms with Crippen molar-refractivity contribution in [3.63, 3.8) is 0 Å². The standard InChI is InChI=1S/C21H18F3N3O4/c1-12-17(16-8-3-4-9-25-16)19(14-6-5-7-15(10-14)27(29)30)18(13(2)26-12)20(28)31-11-21(22,23)24/h3-10,17,19H,11H2,1-2H3. The molecule has 1 aliphatic rings. The molecule has 0 spiro atoms. The summed E-state index contributed by atoms with van der Waals surface area (Å²) < 4.78 is 42.4. The highest BCUT2D eigenvalue weighted by molar-refractivity contribution is 5.99. The van der Waals surface area contributed by atoms with Crippen molar-refractivity contribution in [1.29, 1.82) is 0 Å². The third-order valence-corrected chi connectivity index (χ3v) is 4.86. The largest absolute Gasteiger partial charge is 0.453 e. The third kappa shape index (κ3) is 4.96. The second-order valence-electron chi connectivity index (χ2n) is 7.01. The molecule has 0 bridgehead atoms. The molecule has 10 heteroatoms. The molecule has 0 N–H and O–H groups in total. The van der Waals surface area contributed by atoms with Gasteiger partial charge in [0.1, 0.15) is 0 Å². The van der Waals surface area contributed by atoms with Gasteiger partial charge in [0, 0.05) is 41.4 Å². The van der Waals surface area contributed by atoms with Crippen LogP contribution in [0.25, 0.3) is 0 Å². The maximum atomic E-state index is 12.7. The average Bonchev–Trinajstić information content (AvgIpc) is 2.71. The highest BCUT2D eigenvalue weighted by atomic mass is 19.4. The van der Waals surface area contributed by atoms with Crippen molar-refractivity contribution in [3.8, 4) is 0 Å². The number of carbonyl (C=O) groups excluding carboxylic acids is 1. The van der Waals surface area contributed by atoms with Crippen LogP contribution in [-0.2, 0) is 9.53 Å². The van der Waals surface area contributed by atoms with Gasteiger partial charge in [-0.2, -0.15) is 13.2 Å². The predicted molar refractivity (Wildman–Crippen MR) is 106 cm³/mol. The Bertz CT molecular complexity index is 1070. The van der Waals surface area contributed by atoms with Crippen molar-refractivity contribution in [2.24, 2.45) is 4.99 Å². The molecule has 7 nitrogen and oxygen atoms in total. The van der Waals surface area contributed by atoms with Crippen molar-refractivity contribution in [1.82, 2.24) is 4.98 Å². The number of benzene rings is 1. The lowest BCUT2D eigenvalue weighted by atomic mass is 9.74. The van der Waals surface area contributed by atoms with E-state index < -0.39 is 35.5 Å². The van der Waals surface area contributed by atoms with E-state index in [-0.39, 0.29) is 17.0 Å². The number of rotatable bonds is 5. The normalized spacial score (nSPS) is 19.1. The molecule has 162 valence electrons. The van der Waals surface area contributed by atoms with E-state index in [2.05, 4.69) is 14.7 Å². The zero-order valence-corrected chi connectivity index (χ0v) is 16.6. The van der Waals surface area contributed by atoms with Crippen LogP contribution in [0.3, 0.4) is 0 Å². The molecule has 0 saturated heterocycles. The number of aromatic nitrogens is 1. The Morgan fingerprint density at radius 3 is 2.52 bits per heavy atom. The second-order valence-corrected chi connectivity index (χ2v) is 7.01.